The highest BCUT2D eigenvalue weighted by molar-refractivity contribution is 5.83. The second-order valence-electron chi connectivity index (χ2n) is 9.33. The highest BCUT2D eigenvalue weighted by atomic mass is 16.5. The highest BCUT2D eigenvalue weighted by Crippen LogP contribution is 2.56. The first-order valence-corrected chi connectivity index (χ1v) is 10.6. The molecular formula is C22H26N4O3. The van der Waals surface area contributed by atoms with E-state index >= 15 is 0 Å². The molecule has 7 heteroatoms. The maximum Gasteiger partial charge on any atom is 0.261 e. The van der Waals surface area contributed by atoms with Gasteiger partial charge in [0.1, 0.15) is 6.61 Å². The first kappa shape index (κ1) is 17.6. The van der Waals surface area contributed by atoms with Crippen molar-refractivity contribution in [3.8, 4) is 11.5 Å². The van der Waals surface area contributed by atoms with Gasteiger partial charge in [-0.15, -0.1) is 0 Å². The number of nitrogens with zero attached hydrogens (tertiary/aromatic N) is 3. The van der Waals surface area contributed by atoms with E-state index in [0.717, 1.165) is 48.2 Å². The number of aromatic nitrogens is 3. The molecule has 2 aromatic rings. The van der Waals surface area contributed by atoms with Crippen molar-refractivity contribution in [1.82, 2.24) is 15.1 Å². The van der Waals surface area contributed by atoms with E-state index in [1.165, 1.54) is 12.8 Å². The van der Waals surface area contributed by atoms with Crippen LogP contribution in [-0.4, -0.2) is 39.0 Å². The highest BCUT2D eigenvalue weighted by Gasteiger charge is 2.54. The lowest BCUT2D eigenvalue weighted by Crippen LogP contribution is -2.59. The van der Waals surface area contributed by atoms with Crippen LogP contribution in [0.25, 0.3) is 17.5 Å². The quantitative estimate of drug-likeness (QED) is 0.804. The number of hydrogen-bond donors (Lipinski definition) is 2. The van der Waals surface area contributed by atoms with Crippen molar-refractivity contribution >= 4 is 11.8 Å². The fraction of sp³-hybridized carbons (Fsp3) is 0.591. The maximum atomic E-state index is 10.9. The van der Waals surface area contributed by atoms with Crippen LogP contribution < -0.4 is 5.32 Å². The average molecular weight is 394 g/mol. The first-order valence-electron chi connectivity index (χ1n) is 10.6. The number of nitrogens with one attached hydrogen (secondary N) is 1. The predicted octanol–water partition coefficient (Wildman–Crippen LogP) is 3.20. The van der Waals surface area contributed by atoms with E-state index in [1.54, 1.807) is 7.11 Å². The summed E-state index contributed by atoms with van der Waals surface area (Å²) in [4.78, 5) is 9.15. The number of pyridine rings is 1. The number of fused-ring (bicyclic) bond motifs is 1. The Labute approximate surface area is 169 Å². The first-order chi connectivity index (χ1) is 14.1. The van der Waals surface area contributed by atoms with Crippen molar-refractivity contribution in [2.75, 3.05) is 12.4 Å². The van der Waals surface area contributed by atoms with Crippen molar-refractivity contribution in [2.24, 2.45) is 17.8 Å². The SMILES string of the molecule is COCc1noc(-c2cnc3c(c2NC2[C@@H]4CC5C[C@H]2CC(O)(C5)C4)C=CC3)n1. The minimum atomic E-state index is -0.431. The molecule has 5 aliphatic rings. The molecule has 4 bridgehead atoms. The second-order valence-corrected chi connectivity index (χ2v) is 9.33. The molecule has 0 spiro atoms. The number of aliphatic hydroxyl groups is 1. The van der Waals surface area contributed by atoms with Gasteiger partial charge >= 0.3 is 0 Å². The Kier molecular flexibility index (Phi) is 3.87. The van der Waals surface area contributed by atoms with Crippen LogP contribution in [0.1, 0.15) is 49.2 Å². The second kappa shape index (κ2) is 6.37. The molecule has 0 aromatic carbocycles. The van der Waals surface area contributed by atoms with E-state index in [9.17, 15) is 5.11 Å². The topological polar surface area (TPSA) is 93.3 Å². The Morgan fingerprint density at radius 1 is 1.28 bits per heavy atom. The van der Waals surface area contributed by atoms with Crippen molar-refractivity contribution in [2.45, 2.75) is 56.8 Å². The van der Waals surface area contributed by atoms with E-state index in [4.69, 9.17) is 9.26 Å². The summed E-state index contributed by atoms with van der Waals surface area (Å²) in [7, 11) is 1.62. The third-order valence-electron chi connectivity index (χ3n) is 7.32. The number of hydrogen-bond acceptors (Lipinski definition) is 7. The van der Waals surface area contributed by atoms with Gasteiger partial charge < -0.3 is 19.7 Å². The standard InChI is InChI=1S/C22H26N4O3/c1-28-11-18-24-21(29-26-18)16-10-23-17-4-2-3-15(17)20(16)25-19-13-5-12-6-14(19)9-22(27,7-12)8-13/h2-3,10,12-14,19,27H,4-9,11H2,1H3,(H,23,25)/t12?,13-,14+,19?,22?. The third-order valence-corrected chi connectivity index (χ3v) is 7.32. The molecule has 2 heterocycles. The van der Waals surface area contributed by atoms with Crippen molar-refractivity contribution in [1.29, 1.82) is 0 Å². The normalized spacial score (nSPS) is 34.0. The van der Waals surface area contributed by atoms with Gasteiger partial charge in [0, 0.05) is 31.3 Å². The molecule has 4 saturated carbocycles. The molecule has 7 rings (SSSR count). The fourth-order valence-corrected chi connectivity index (χ4v) is 6.45. The number of anilines is 1. The van der Waals surface area contributed by atoms with E-state index in [-0.39, 0.29) is 0 Å². The largest absolute Gasteiger partial charge is 0.390 e. The van der Waals surface area contributed by atoms with Crippen LogP contribution in [-0.2, 0) is 17.8 Å². The number of allylic oxidation sites excluding steroid dienone is 1. The predicted molar refractivity (Wildman–Crippen MR) is 107 cm³/mol. The van der Waals surface area contributed by atoms with Gasteiger partial charge in [0.2, 0.25) is 0 Å². The molecule has 3 unspecified atom stereocenters. The zero-order valence-corrected chi connectivity index (χ0v) is 16.6. The van der Waals surface area contributed by atoms with Gasteiger partial charge in [0.05, 0.1) is 22.5 Å². The summed E-state index contributed by atoms with van der Waals surface area (Å²) in [6, 6.07) is 0.368. The smallest absolute Gasteiger partial charge is 0.261 e. The monoisotopic (exact) mass is 394 g/mol. The fourth-order valence-electron chi connectivity index (χ4n) is 6.45. The van der Waals surface area contributed by atoms with Gasteiger partial charge in [-0.25, -0.2) is 0 Å². The lowest BCUT2D eigenvalue weighted by atomic mass is 9.52. The van der Waals surface area contributed by atoms with Crippen LogP contribution in [0.2, 0.25) is 0 Å². The summed E-state index contributed by atoms with van der Waals surface area (Å²) in [5, 5.41) is 18.8. The Bertz CT molecular complexity index is 968. The number of ether oxygens (including phenoxy) is 1. The summed E-state index contributed by atoms with van der Waals surface area (Å²) >= 11 is 0. The van der Waals surface area contributed by atoms with Crippen LogP contribution in [0.4, 0.5) is 5.69 Å². The van der Waals surface area contributed by atoms with Crippen molar-refractivity contribution in [3.05, 3.63) is 29.4 Å². The van der Waals surface area contributed by atoms with E-state index in [2.05, 4.69) is 32.6 Å². The van der Waals surface area contributed by atoms with Crippen LogP contribution in [0.15, 0.2) is 16.8 Å². The minimum absolute atomic E-state index is 0.317. The summed E-state index contributed by atoms with van der Waals surface area (Å²) in [6.07, 6.45) is 12.2. The molecule has 4 fully saturated rings. The molecule has 0 amide bonds. The van der Waals surface area contributed by atoms with Crippen molar-refractivity contribution in [3.63, 3.8) is 0 Å². The van der Waals surface area contributed by atoms with Crippen LogP contribution in [0, 0.1) is 17.8 Å². The van der Waals surface area contributed by atoms with Crippen LogP contribution in [0.5, 0.6) is 0 Å². The molecule has 5 aliphatic carbocycles. The Hall–Kier alpha value is -2.25. The van der Waals surface area contributed by atoms with Gasteiger partial charge in [-0.05, 0) is 49.9 Å². The average Bonchev–Trinajstić information content (AvgIpc) is 3.33. The third kappa shape index (κ3) is 2.82. The molecule has 5 atom stereocenters. The van der Waals surface area contributed by atoms with Gasteiger partial charge in [-0.1, -0.05) is 17.3 Å². The molecule has 29 heavy (non-hydrogen) atoms. The molecular weight excluding hydrogens is 368 g/mol. The number of methoxy groups -OCH3 is 1. The minimum Gasteiger partial charge on any atom is -0.390 e. The summed E-state index contributed by atoms with van der Waals surface area (Å²) in [5.41, 5.74) is 3.66. The van der Waals surface area contributed by atoms with Gasteiger partial charge in [-0.3, -0.25) is 4.98 Å². The molecule has 0 radical (unpaired) electrons. The molecule has 2 aromatic heterocycles. The van der Waals surface area contributed by atoms with Crippen LogP contribution >= 0.6 is 0 Å². The molecule has 0 saturated heterocycles. The number of rotatable bonds is 5. The van der Waals surface area contributed by atoms with E-state index in [1.807, 2.05) is 6.20 Å². The zero-order chi connectivity index (χ0) is 19.6. The Morgan fingerprint density at radius 2 is 2.10 bits per heavy atom. The lowest BCUT2D eigenvalue weighted by Gasteiger charge is -2.58. The van der Waals surface area contributed by atoms with Gasteiger partial charge in [0.25, 0.3) is 5.89 Å². The Balaban J connectivity index is 1.38. The summed E-state index contributed by atoms with van der Waals surface area (Å²) in [6.45, 7) is 0.317. The van der Waals surface area contributed by atoms with Gasteiger partial charge in [-0.2, -0.15) is 4.98 Å². The van der Waals surface area contributed by atoms with Crippen LogP contribution in [0.3, 0.4) is 0 Å². The molecule has 152 valence electrons. The molecule has 0 aliphatic heterocycles. The summed E-state index contributed by atoms with van der Waals surface area (Å²) in [5.74, 6) is 2.71. The summed E-state index contributed by atoms with van der Waals surface area (Å²) < 4.78 is 10.7. The van der Waals surface area contributed by atoms with Gasteiger partial charge in [0.15, 0.2) is 5.82 Å². The lowest BCUT2D eigenvalue weighted by molar-refractivity contribution is -0.129. The molecule has 7 nitrogen and oxygen atoms in total. The van der Waals surface area contributed by atoms with E-state index in [0.29, 0.717) is 42.1 Å². The zero-order valence-electron chi connectivity index (χ0n) is 16.6. The maximum absolute atomic E-state index is 10.9. The van der Waals surface area contributed by atoms with Crippen molar-refractivity contribution < 1.29 is 14.4 Å². The Morgan fingerprint density at radius 3 is 2.86 bits per heavy atom. The van der Waals surface area contributed by atoms with E-state index < -0.39 is 5.60 Å². The molecule has 2 N–H and O–H groups in total.